The number of nitrogens with zero attached hydrogens (tertiary/aromatic N) is 2. The summed E-state index contributed by atoms with van der Waals surface area (Å²) in [6.45, 7) is 1.06. The van der Waals surface area contributed by atoms with Gasteiger partial charge in [-0.05, 0) is 53.4 Å². The predicted molar refractivity (Wildman–Crippen MR) is 84.6 cm³/mol. The Labute approximate surface area is 132 Å². The monoisotopic (exact) mass is 350 g/mol. The molecule has 1 aliphatic rings. The minimum Gasteiger partial charge on any atom is -0.350 e. The Bertz CT molecular complexity index is 654. The molecule has 2 atom stereocenters. The summed E-state index contributed by atoms with van der Waals surface area (Å²) in [5.41, 5.74) is 7.48. The van der Waals surface area contributed by atoms with Gasteiger partial charge in [0, 0.05) is 22.8 Å². The van der Waals surface area contributed by atoms with Gasteiger partial charge in [0.15, 0.2) is 0 Å². The molecule has 1 aliphatic carbocycles. The zero-order chi connectivity index (χ0) is 14.8. The first-order valence-electron chi connectivity index (χ1n) is 7.28. The lowest BCUT2D eigenvalue weighted by atomic mass is 9.95. The van der Waals surface area contributed by atoms with Crippen LogP contribution in [0.5, 0.6) is 0 Å². The molecule has 0 aromatic carbocycles. The molecule has 1 fully saturated rings. The van der Waals surface area contributed by atoms with Crippen molar-refractivity contribution < 1.29 is 4.79 Å². The molecule has 2 aromatic heterocycles. The summed E-state index contributed by atoms with van der Waals surface area (Å²) in [6.07, 6.45) is 7.01. The SMILES string of the molecule is NC[C@H]1CCC[C@H]1C(=O)NCc1cn2cc(Br)ccc2n1. The number of nitrogens with one attached hydrogen (secondary N) is 1. The number of pyridine rings is 1. The predicted octanol–water partition coefficient (Wildman–Crippen LogP) is 2.09. The van der Waals surface area contributed by atoms with Gasteiger partial charge in [-0.3, -0.25) is 4.79 Å². The van der Waals surface area contributed by atoms with Crippen LogP contribution in [0.25, 0.3) is 5.65 Å². The van der Waals surface area contributed by atoms with E-state index in [-0.39, 0.29) is 11.8 Å². The molecule has 21 heavy (non-hydrogen) atoms. The van der Waals surface area contributed by atoms with E-state index >= 15 is 0 Å². The molecule has 6 heteroatoms. The molecule has 5 nitrogen and oxygen atoms in total. The van der Waals surface area contributed by atoms with E-state index in [0.29, 0.717) is 19.0 Å². The minimum atomic E-state index is 0.0705. The second-order valence-electron chi connectivity index (χ2n) is 5.60. The maximum atomic E-state index is 12.2. The summed E-state index contributed by atoms with van der Waals surface area (Å²) in [7, 11) is 0. The molecule has 2 heterocycles. The van der Waals surface area contributed by atoms with Crippen LogP contribution in [0, 0.1) is 11.8 Å². The van der Waals surface area contributed by atoms with Gasteiger partial charge in [0.05, 0.1) is 12.2 Å². The molecule has 0 spiro atoms. The number of halogens is 1. The Morgan fingerprint density at radius 3 is 3.10 bits per heavy atom. The lowest BCUT2D eigenvalue weighted by Crippen LogP contribution is -2.34. The number of hydrogen-bond acceptors (Lipinski definition) is 3. The lowest BCUT2D eigenvalue weighted by molar-refractivity contribution is -0.126. The molecular formula is C15H19BrN4O. The van der Waals surface area contributed by atoms with Crippen molar-refractivity contribution in [2.24, 2.45) is 17.6 Å². The first-order chi connectivity index (χ1) is 10.2. The minimum absolute atomic E-state index is 0.0705. The first-order valence-corrected chi connectivity index (χ1v) is 8.07. The highest BCUT2D eigenvalue weighted by Gasteiger charge is 2.31. The fourth-order valence-electron chi connectivity index (χ4n) is 3.08. The van der Waals surface area contributed by atoms with E-state index in [1.807, 2.05) is 28.9 Å². The molecule has 3 N–H and O–H groups in total. The van der Waals surface area contributed by atoms with Gasteiger partial charge in [0.1, 0.15) is 5.65 Å². The molecule has 112 valence electrons. The standard InChI is InChI=1S/C15H19BrN4O/c16-11-4-5-14-19-12(9-20(14)8-11)7-18-15(21)13-3-1-2-10(13)6-17/h4-5,8-10,13H,1-3,6-7,17H2,(H,18,21)/t10-,13-/m1/s1. The van der Waals surface area contributed by atoms with Crippen molar-refractivity contribution in [2.75, 3.05) is 6.54 Å². The van der Waals surface area contributed by atoms with E-state index in [1.54, 1.807) is 0 Å². The maximum Gasteiger partial charge on any atom is 0.223 e. The number of carbonyl (C=O) groups excluding carboxylic acids is 1. The van der Waals surface area contributed by atoms with E-state index in [4.69, 9.17) is 5.73 Å². The van der Waals surface area contributed by atoms with Crippen LogP contribution < -0.4 is 11.1 Å². The van der Waals surface area contributed by atoms with Crippen molar-refractivity contribution in [3.05, 3.63) is 34.7 Å². The summed E-state index contributed by atoms with van der Waals surface area (Å²) in [6, 6.07) is 3.89. The van der Waals surface area contributed by atoms with Crippen molar-refractivity contribution in [2.45, 2.75) is 25.8 Å². The van der Waals surface area contributed by atoms with Crippen molar-refractivity contribution in [3.63, 3.8) is 0 Å². The summed E-state index contributed by atoms with van der Waals surface area (Å²) < 4.78 is 2.95. The number of amides is 1. The third kappa shape index (κ3) is 3.11. The third-order valence-electron chi connectivity index (χ3n) is 4.21. The summed E-state index contributed by atoms with van der Waals surface area (Å²) in [5, 5.41) is 3.00. The highest BCUT2D eigenvalue weighted by atomic mass is 79.9. The number of fused-ring (bicyclic) bond motifs is 1. The first kappa shape index (κ1) is 14.5. The average Bonchev–Trinajstić information content (AvgIpc) is 3.10. The third-order valence-corrected chi connectivity index (χ3v) is 4.68. The Hall–Kier alpha value is -1.40. The number of imidazole rings is 1. The van der Waals surface area contributed by atoms with Gasteiger partial charge in [-0.25, -0.2) is 4.98 Å². The van der Waals surface area contributed by atoms with Crippen LogP contribution in [-0.4, -0.2) is 21.8 Å². The quantitative estimate of drug-likeness (QED) is 0.886. The number of nitrogens with two attached hydrogens (primary N) is 1. The maximum absolute atomic E-state index is 12.2. The molecular weight excluding hydrogens is 332 g/mol. The summed E-state index contributed by atoms with van der Waals surface area (Å²) >= 11 is 3.43. The van der Waals surface area contributed by atoms with E-state index < -0.39 is 0 Å². The zero-order valence-corrected chi connectivity index (χ0v) is 13.3. The topological polar surface area (TPSA) is 72.4 Å². The summed E-state index contributed by atoms with van der Waals surface area (Å²) in [4.78, 5) is 16.7. The molecule has 1 saturated carbocycles. The normalized spacial score (nSPS) is 21.8. The van der Waals surface area contributed by atoms with Gasteiger partial charge in [-0.15, -0.1) is 0 Å². The second-order valence-corrected chi connectivity index (χ2v) is 6.51. The molecule has 0 saturated heterocycles. The number of hydrogen-bond donors (Lipinski definition) is 2. The van der Waals surface area contributed by atoms with Crippen LogP contribution in [0.1, 0.15) is 25.0 Å². The van der Waals surface area contributed by atoms with Crippen molar-refractivity contribution in [1.82, 2.24) is 14.7 Å². The molecule has 0 radical (unpaired) electrons. The van der Waals surface area contributed by atoms with Crippen molar-refractivity contribution in [1.29, 1.82) is 0 Å². The van der Waals surface area contributed by atoms with Crippen LogP contribution in [0.15, 0.2) is 29.0 Å². The number of aromatic nitrogens is 2. The van der Waals surface area contributed by atoms with Crippen LogP contribution in [0.3, 0.4) is 0 Å². The molecule has 0 unspecified atom stereocenters. The number of carbonyl (C=O) groups is 1. The number of rotatable bonds is 4. The van der Waals surface area contributed by atoms with Crippen molar-refractivity contribution >= 4 is 27.5 Å². The van der Waals surface area contributed by atoms with E-state index in [2.05, 4.69) is 26.2 Å². The van der Waals surface area contributed by atoms with Gasteiger partial charge in [0.2, 0.25) is 5.91 Å². The van der Waals surface area contributed by atoms with Crippen molar-refractivity contribution in [3.8, 4) is 0 Å². The smallest absolute Gasteiger partial charge is 0.223 e. The fraction of sp³-hybridized carbons (Fsp3) is 0.467. The highest BCUT2D eigenvalue weighted by Crippen LogP contribution is 2.30. The molecule has 3 rings (SSSR count). The Kier molecular flexibility index (Phi) is 4.26. The second kappa shape index (κ2) is 6.15. The Morgan fingerprint density at radius 1 is 1.43 bits per heavy atom. The summed E-state index contributed by atoms with van der Waals surface area (Å²) in [5.74, 6) is 0.518. The van der Waals surface area contributed by atoms with Gasteiger partial charge in [0.25, 0.3) is 0 Å². The van der Waals surface area contributed by atoms with Gasteiger partial charge < -0.3 is 15.5 Å². The van der Waals surface area contributed by atoms with Crippen LogP contribution >= 0.6 is 15.9 Å². The van der Waals surface area contributed by atoms with Crippen LogP contribution in [0.4, 0.5) is 0 Å². The van der Waals surface area contributed by atoms with Gasteiger partial charge in [-0.1, -0.05) is 6.42 Å². The Balaban J connectivity index is 1.64. The van der Waals surface area contributed by atoms with Gasteiger partial charge in [-0.2, -0.15) is 0 Å². The Morgan fingerprint density at radius 2 is 2.29 bits per heavy atom. The van der Waals surface area contributed by atoms with Crippen LogP contribution in [0.2, 0.25) is 0 Å². The van der Waals surface area contributed by atoms with Crippen LogP contribution in [-0.2, 0) is 11.3 Å². The molecule has 0 aliphatic heterocycles. The highest BCUT2D eigenvalue weighted by molar-refractivity contribution is 9.10. The molecule has 2 aromatic rings. The van der Waals surface area contributed by atoms with E-state index in [9.17, 15) is 4.79 Å². The van der Waals surface area contributed by atoms with Gasteiger partial charge >= 0.3 is 0 Å². The van der Waals surface area contributed by atoms with E-state index in [1.165, 1.54) is 0 Å². The molecule has 1 amide bonds. The zero-order valence-electron chi connectivity index (χ0n) is 11.8. The fourth-order valence-corrected chi connectivity index (χ4v) is 3.43. The van der Waals surface area contributed by atoms with E-state index in [0.717, 1.165) is 35.1 Å². The molecule has 0 bridgehead atoms. The lowest BCUT2D eigenvalue weighted by Gasteiger charge is -2.16. The largest absolute Gasteiger partial charge is 0.350 e. The average molecular weight is 351 g/mol.